The standard InChI is InChI=1S/C11H13N3O3/c12-11(7-14-4-2-1-3-5-14)6-8(9(15)16)13-10(11)17/h1-5,8H,6-7,12H2,(H-,13,15,16,17)/p+1/t8-,11+/m0/s1. The minimum atomic E-state index is -1.16. The van der Waals surface area contributed by atoms with E-state index >= 15 is 0 Å². The molecule has 0 spiro atoms. The quantitative estimate of drug-likeness (QED) is 0.565. The summed E-state index contributed by atoms with van der Waals surface area (Å²) in [7, 11) is 0. The summed E-state index contributed by atoms with van der Waals surface area (Å²) in [4.78, 5) is 22.5. The molecule has 1 fully saturated rings. The van der Waals surface area contributed by atoms with E-state index in [4.69, 9.17) is 10.8 Å². The van der Waals surface area contributed by atoms with Gasteiger partial charge in [-0.3, -0.25) is 4.79 Å². The molecule has 6 heteroatoms. The number of hydrogen-bond acceptors (Lipinski definition) is 3. The molecule has 1 aromatic heterocycles. The van der Waals surface area contributed by atoms with Gasteiger partial charge in [-0.2, -0.15) is 0 Å². The van der Waals surface area contributed by atoms with Crippen LogP contribution < -0.4 is 15.6 Å². The van der Waals surface area contributed by atoms with Crippen LogP contribution in [0.15, 0.2) is 30.6 Å². The maximum Gasteiger partial charge on any atom is 0.326 e. The van der Waals surface area contributed by atoms with Crippen LogP contribution in [0.1, 0.15) is 6.42 Å². The molecule has 1 amide bonds. The number of aromatic nitrogens is 1. The van der Waals surface area contributed by atoms with Crippen molar-refractivity contribution in [1.82, 2.24) is 5.32 Å². The summed E-state index contributed by atoms with van der Waals surface area (Å²) >= 11 is 0. The summed E-state index contributed by atoms with van der Waals surface area (Å²) in [6, 6.07) is 4.61. The molecule has 17 heavy (non-hydrogen) atoms. The van der Waals surface area contributed by atoms with Crippen LogP contribution in [0.5, 0.6) is 0 Å². The van der Waals surface area contributed by atoms with Crippen molar-refractivity contribution in [2.45, 2.75) is 24.5 Å². The van der Waals surface area contributed by atoms with Crippen LogP contribution in [0.25, 0.3) is 0 Å². The van der Waals surface area contributed by atoms with Gasteiger partial charge >= 0.3 is 5.97 Å². The SMILES string of the molecule is N[C@@]1(C[n+]2ccccc2)C[C@@H](C(=O)O)NC1=O. The Hall–Kier alpha value is -1.95. The van der Waals surface area contributed by atoms with Crippen LogP contribution in [0.2, 0.25) is 0 Å². The maximum atomic E-state index is 11.7. The van der Waals surface area contributed by atoms with Gasteiger partial charge in [-0.15, -0.1) is 0 Å². The van der Waals surface area contributed by atoms with E-state index in [2.05, 4.69) is 5.32 Å². The third kappa shape index (κ3) is 2.26. The maximum absolute atomic E-state index is 11.7. The summed E-state index contributed by atoms with van der Waals surface area (Å²) < 4.78 is 1.77. The van der Waals surface area contributed by atoms with Gasteiger partial charge in [-0.1, -0.05) is 6.07 Å². The van der Waals surface area contributed by atoms with Crippen LogP contribution in [0, 0.1) is 0 Å². The van der Waals surface area contributed by atoms with Crippen molar-refractivity contribution in [3.63, 3.8) is 0 Å². The molecule has 1 aromatic rings. The number of carbonyl (C=O) groups excluding carboxylic acids is 1. The smallest absolute Gasteiger partial charge is 0.326 e. The van der Waals surface area contributed by atoms with E-state index in [0.717, 1.165) is 0 Å². The predicted octanol–water partition coefficient (Wildman–Crippen LogP) is -1.36. The minimum Gasteiger partial charge on any atom is -0.480 e. The molecule has 0 saturated carbocycles. The summed E-state index contributed by atoms with van der Waals surface area (Å²) in [6.07, 6.45) is 3.68. The van der Waals surface area contributed by atoms with Gasteiger partial charge in [0.1, 0.15) is 6.04 Å². The number of pyridine rings is 1. The molecular weight excluding hydrogens is 222 g/mol. The molecule has 1 aliphatic rings. The van der Waals surface area contributed by atoms with E-state index in [1.54, 1.807) is 17.0 Å². The fourth-order valence-electron chi connectivity index (χ4n) is 1.96. The number of nitrogens with two attached hydrogens (primary N) is 1. The molecule has 0 radical (unpaired) electrons. The topological polar surface area (TPSA) is 96.3 Å². The van der Waals surface area contributed by atoms with Gasteiger partial charge in [0.05, 0.1) is 0 Å². The van der Waals surface area contributed by atoms with Gasteiger partial charge in [0, 0.05) is 18.6 Å². The molecule has 0 unspecified atom stereocenters. The molecule has 0 bridgehead atoms. The van der Waals surface area contributed by atoms with Crippen molar-refractivity contribution in [2.24, 2.45) is 5.73 Å². The van der Waals surface area contributed by atoms with E-state index in [9.17, 15) is 9.59 Å². The highest BCUT2D eigenvalue weighted by Crippen LogP contribution is 2.18. The Morgan fingerprint density at radius 3 is 2.71 bits per heavy atom. The van der Waals surface area contributed by atoms with Crippen molar-refractivity contribution in [3.8, 4) is 0 Å². The number of hydrogen-bond donors (Lipinski definition) is 3. The Morgan fingerprint density at radius 1 is 1.53 bits per heavy atom. The van der Waals surface area contributed by atoms with E-state index in [-0.39, 0.29) is 13.0 Å². The van der Waals surface area contributed by atoms with Gasteiger partial charge in [-0.25, -0.2) is 9.36 Å². The minimum absolute atomic E-state index is 0.100. The first-order valence-corrected chi connectivity index (χ1v) is 5.28. The monoisotopic (exact) mass is 236 g/mol. The lowest BCUT2D eigenvalue weighted by molar-refractivity contribution is -0.701. The molecule has 4 N–H and O–H groups in total. The fraction of sp³-hybridized carbons (Fsp3) is 0.364. The van der Waals surface area contributed by atoms with Crippen molar-refractivity contribution in [1.29, 1.82) is 0 Å². The van der Waals surface area contributed by atoms with Crippen LogP contribution in [-0.4, -0.2) is 28.6 Å². The van der Waals surface area contributed by atoms with Crippen LogP contribution in [-0.2, 0) is 16.1 Å². The molecule has 0 aliphatic carbocycles. The number of carboxylic acids is 1. The lowest BCUT2D eigenvalue weighted by Gasteiger charge is -2.16. The molecule has 1 saturated heterocycles. The first-order chi connectivity index (χ1) is 8.01. The number of nitrogens with zero attached hydrogens (tertiary/aromatic N) is 1. The largest absolute Gasteiger partial charge is 0.480 e. The van der Waals surface area contributed by atoms with Crippen molar-refractivity contribution in [2.75, 3.05) is 0 Å². The molecule has 6 nitrogen and oxygen atoms in total. The van der Waals surface area contributed by atoms with Crippen LogP contribution in [0.3, 0.4) is 0 Å². The molecule has 0 aromatic carbocycles. The summed E-state index contributed by atoms with van der Waals surface area (Å²) in [5, 5.41) is 11.2. The molecule has 2 heterocycles. The number of rotatable bonds is 3. The Bertz CT molecular complexity index is 449. The second-order valence-corrected chi connectivity index (χ2v) is 4.27. The lowest BCUT2D eigenvalue weighted by Crippen LogP contribution is -2.57. The molecule has 1 aliphatic heterocycles. The average Bonchev–Trinajstić information content (AvgIpc) is 2.57. The van der Waals surface area contributed by atoms with E-state index in [1.807, 2.05) is 18.2 Å². The zero-order valence-corrected chi connectivity index (χ0v) is 9.17. The first kappa shape index (κ1) is 11.5. The molecule has 2 rings (SSSR count). The predicted molar refractivity (Wildman–Crippen MR) is 57.7 cm³/mol. The van der Waals surface area contributed by atoms with Gasteiger partial charge < -0.3 is 16.2 Å². The normalized spacial score (nSPS) is 27.8. The molecule has 2 atom stereocenters. The Morgan fingerprint density at radius 2 is 2.18 bits per heavy atom. The fourth-order valence-corrected chi connectivity index (χ4v) is 1.96. The summed E-state index contributed by atoms with van der Waals surface area (Å²) in [6.45, 7) is 0.267. The van der Waals surface area contributed by atoms with E-state index in [0.29, 0.717) is 0 Å². The number of amides is 1. The highest BCUT2D eigenvalue weighted by atomic mass is 16.4. The molecule has 90 valence electrons. The van der Waals surface area contributed by atoms with E-state index in [1.165, 1.54) is 0 Å². The van der Waals surface area contributed by atoms with Crippen LogP contribution in [0.4, 0.5) is 0 Å². The zero-order valence-electron chi connectivity index (χ0n) is 9.17. The Kier molecular flexibility index (Phi) is 2.81. The second kappa shape index (κ2) is 4.14. The lowest BCUT2D eigenvalue weighted by atomic mass is 9.96. The zero-order chi connectivity index (χ0) is 12.5. The van der Waals surface area contributed by atoms with Crippen molar-refractivity contribution in [3.05, 3.63) is 30.6 Å². The molecular formula is C11H14N3O3+. The summed E-state index contributed by atoms with van der Waals surface area (Å²) in [5.74, 6) is -1.47. The number of nitrogens with one attached hydrogen (secondary N) is 1. The van der Waals surface area contributed by atoms with Gasteiger partial charge in [-0.05, 0) is 0 Å². The van der Waals surface area contributed by atoms with Gasteiger partial charge in [0.25, 0.3) is 0 Å². The number of carbonyl (C=O) groups is 2. The Balaban J connectivity index is 2.15. The second-order valence-electron chi connectivity index (χ2n) is 4.27. The van der Waals surface area contributed by atoms with E-state index < -0.39 is 23.5 Å². The van der Waals surface area contributed by atoms with Crippen molar-refractivity contribution < 1.29 is 19.3 Å². The third-order valence-corrected chi connectivity index (χ3v) is 2.87. The highest BCUT2D eigenvalue weighted by molar-refractivity contribution is 5.94. The average molecular weight is 236 g/mol. The van der Waals surface area contributed by atoms with Gasteiger partial charge in [0.15, 0.2) is 24.5 Å². The Labute approximate surface area is 98.1 Å². The summed E-state index contributed by atoms with van der Waals surface area (Å²) in [5.41, 5.74) is 4.81. The van der Waals surface area contributed by atoms with Gasteiger partial charge in [0.2, 0.25) is 5.91 Å². The first-order valence-electron chi connectivity index (χ1n) is 5.28. The highest BCUT2D eigenvalue weighted by Gasteiger charge is 2.49. The third-order valence-electron chi connectivity index (χ3n) is 2.87. The van der Waals surface area contributed by atoms with Crippen molar-refractivity contribution >= 4 is 11.9 Å². The van der Waals surface area contributed by atoms with Crippen LogP contribution >= 0.6 is 0 Å². The number of aliphatic carboxylic acids is 1. The number of carboxylic acid groups (broad SMARTS) is 1.